The predicted octanol–water partition coefficient (Wildman–Crippen LogP) is 3.83. The van der Waals surface area contributed by atoms with Crippen LogP contribution < -0.4 is 16.0 Å². The first-order chi connectivity index (χ1) is 16.9. The molecule has 0 unspecified atom stereocenters. The zero-order chi connectivity index (χ0) is 24.2. The number of pyridine rings is 2. The molecule has 0 amide bonds. The molecule has 1 atom stereocenters. The van der Waals surface area contributed by atoms with Crippen LogP contribution in [0.25, 0.3) is 11.1 Å². The molecule has 3 aromatic heterocycles. The zero-order valence-corrected chi connectivity index (χ0v) is 20.2. The molecule has 1 saturated carbocycles. The highest BCUT2D eigenvalue weighted by Gasteiger charge is 2.39. The number of nitrogens with two attached hydrogens (primary N) is 1. The van der Waals surface area contributed by atoms with Crippen LogP contribution >= 0.6 is 0 Å². The molecule has 3 aliphatic rings. The van der Waals surface area contributed by atoms with Crippen molar-refractivity contribution in [3.63, 3.8) is 0 Å². The van der Waals surface area contributed by atoms with Gasteiger partial charge in [-0.3, -0.25) is 4.68 Å². The van der Waals surface area contributed by atoms with Gasteiger partial charge in [0.15, 0.2) is 0 Å². The second kappa shape index (κ2) is 8.34. The summed E-state index contributed by atoms with van der Waals surface area (Å²) in [6.07, 6.45) is 10.6. The minimum absolute atomic E-state index is 0.150. The third-order valence-corrected chi connectivity index (χ3v) is 7.06. The number of aromatic nitrogens is 4. The number of piperidine rings is 1. The van der Waals surface area contributed by atoms with Gasteiger partial charge in [0.2, 0.25) is 0 Å². The SMILES string of the molecule is CC1(C)OC(=O)c2ccc(Nc3cc(N4CCC[C@@H](N)C4)c(-c4cnn(CC5CC5)c4)cn3)nc21. The van der Waals surface area contributed by atoms with Gasteiger partial charge in [0.25, 0.3) is 0 Å². The maximum Gasteiger partial charge on any atom is 0.341 e. The van der Waals surface area contributed by atoms with Gasteiger partial charge in [0.05, 0.1) is 11.8 Å². The van der Waals surface area contributed by atoms with Crippen molar-refractivity contribution in [2.45, 2.75) is 57.7 Å². The largest absolute Gasteiger partial charge is 0.449 e. The Labute approximate surface area is 204 Å². The lowest BCUT2D eigenvalue weighted by atomic mass is 10.0. The number of fused-ring (bicyclic) bond motifs is 1. The molecule has 0 radical (unpaired) electrons. The maximum atomic E-state index is 12.1. The molecule has 182 valence electrons. The molecule has 9 heteroatoms. The number of esters is 1. The molecule has 35 heavy (non-hydrogen) atoms. The molecule has 6 rings (SSSR count). The average Bonchev–Trinajstić information content (AvgIpc) is 3.47. The number of anilines is 3. The first-order valence-electron chi connectivity index (χ1n) is 12.4. The Morgan fingerprint density at radius 1 is 1.17 bits per heavy atom. The van der Waals surface area contributed by atoms with Crippen LogP contribution in [0.5, 0.6) is 0 Å². The van der Waals surface area contributed by atoms with E-state index in [1.165, 1.54) is 12.8 Å². The molecule has 3 N–H and O–H groups in total. The van der Waals surface area contributed by atoms with Gasteiger partial charge in [-0.1, -0.05) is 0 Å². The number of carbonyl (C=O) groups excluding carboxylic acids is 1. The van der Waals surface area contributed by atoms with E-state index in [2.05, 4.69) is 32.6 Å². The summed E-state index contributed by atoms with van der Waals surface area (Å²) in [7, 11) is 0. The van der Waals surface area contributed by atoms with Crippen molar-refractivity contribution in [1.29, 1.82) is 0 Å². The van der Waals surface area contributed by atoms with Crippen LogP contribution in [0.3, 0.4) is 0 Å². The summed E-state index contributed by atoms with van der Waals surface area (Å²) in [5.41, 5.74) is 9.92. The number of nitrogens with one attached hydrogen (secondary N) is 1. The van der Waals surface area contributed by atoms with Crippen molar-refractivity contribution >= 4 is 23.3 Å². The van der Waals surface area contributed by atoms with Gasteiger partial charge in [-0.25, -0.2) is 14.8 Å². The quantitative estimate of drug-likeness (QED) is 0.520. The molecule has 2 aliphatic heterocycles. The van der Waals surface area contributed by atoms with Gasteiger partial charge in [0, 0.05) is 61.0 Å². The van der Waals surface area contributed by atoms with Crippen LogP contribution in [0.2, 0.25) is 0 Å². The van der Waals surface area contributed by atoms with E-state index in [1.54, 1.807) is 12.1 Å². The average molecular weight is 474 g/mol. The molecular weight excluding hydrogens is 442 g/mol. The van der Waals surface area contributed by atoms with Crippen LogP contribution in [0, 0.1) is 5.92 Å². The van der Waals surface area contributed by atoms with Gasteiger partial charge in [0.1, 0.15) is 22.9 Å². The third kappa shape index (κ3) is 4.36. The van der Waals surface area contributed by atoms with Crippen molar-refractivity contribution < 1.29 is 9.53 Å². The fourth-order valence-electron chi connectivity index (χ4n) is 5.01. The van der Waals surface area contributed by atoms with Gasteiger partial charge in [-0.05, 0) is 57.6 Å². The molecule has 9 nitrogen and oxygen atoms in total. The number of cyclic esters (lactones) is 1. The summed E-state index contributed by atoms with van der Waals surface area (Å²) in [4.78, 5) is 23.9. The smallest absolute Gasteiger partial charge is 0.341 e. The van der Waals surface area contributed by atoms with Crippen molar-refractivity contribution in [3.05, 3.63) is 48.0 Å². The van der Waals surface area contributed by atoms with Gasteiger partial charge in [-0.2, -0.15) is 5.10 Å². The molecule has 3 aromatic rings. The van der Waals surface area contributed by atoms with E-state index < -0.39 is 5.60 Å². The van der Waals surface area contributed by atoms with Gasteiger partial charge >= 0.3 is 5.97 Å². The van der Waals surface area contributed by atoms with Crippen LogP contribution in [0.15, 0.2) is 36.8 Å². The molecule has 0 bridgehead atoms. The molecule has 0 spiro atoms. The molecule has 0 aromatic carbocycles. The number of nitrogens with zero attached hydrogens (tertiary/aromatic N) is 5. The maximum absolute atomic E-state index is 12.1. The summed E-state index contributed by atoms with van der Waals surface area (Å²) in [6.45, 7) is 6.43. The minimum Gasteiger partial charge on any atom is -0.449 e. The van der Waals surface area contributed by atoms with E-state index in [4.69, 9.17) is 15.5 Å². The van der Waals surface area contributed by atoms with Crippen LogP contribution in [-0.4, -0.2) is 44.8 Å². The molecule has 2 fully saturated rings. The molecule has 1 saturated heterocycles. The fraction of sp³-hybridized carbons (Fsp3) is 0.462. The van der Waals surface area contributed by atoms with E-state index in [0.717, 1.165) is 55.2 Å². The highest BCUT2D eigenvalue weighted by molar-refractivity contribution is 5.94. The summed E-state index contributed by atoms with van der Waals surface area (Å²) in [5.74, 6) is 1.73. The lowest BCUT2D eigenvalue weighted by Crippen LogP contribution is -2.43. The summed E-state index contributed by atoms with van der Waals surface area (Å²) in [6, 6.07) is 5.76. The Balaban J connectivity index is 1.33. The molecule has 5 heterocycles. The summed E-state index contributed by atoms with van der Waals surface area (Å²) < 4.78 is 7.50. The minimum atomic E-state index is -0.753. The Bertz CT molecular complexity index is 1280. The Morgan fingerprint density at radius 3 is 2.83 bits per heavy atom. The first kappa shape index (κ1) is 22.0. The summed E-state index contributed by atoms with van der Waals surface area (Å²) in [5, 5.41) is 7.93. The Morgan fingerprint density at radius 2 is 2.03 bits per heavy atom. The number of carbonyl (C=O) groups is 1. The van der Waals surface area contributed by atoms with Gasteiger partial charge < -0.3 is 20.7 Å². The van der Waals surface area contributed by atoms with E-state index >= 15 is 0 Å². The van der Waals surface area contributed by atoms with Crippen LogP contribution in [-0.2, 0) is 16.9 Å². The monoisotopic (exact) mass is 473 g/mol. The third-order valence-electron chi connectivity index (χ3n) is 7.06. The molecule has 1 aliphatic carbocycles. The van der Waals surface area contributed by atoms with Crippen molar-refractivity contribution in [3.8, 4) is 11.1 Å². The topological polar surface area (TPSA) is 111 Å². The number of hydrogen-bond acceptors (Lipinski definition) is 8. The fourth-order valence-corrected chi connectivity index (χ4v) is 5.01. The van der Waals surface area contributed by atoms with Crippen LogP contribution in [0.1, 0.15) is 55.6 Å². The summed E-state index contributed by atoms with van der Waals surface area (Å²) >= 11 is 0. The Kier molecular flexibility index (Phi) is 5.25. The number of rotatable bonds is 6. The highest BCUT2D eigenvalue weighted by Crippen LogP contribution is 2.37. The zero-order valence-electron chi connectivity index (χ0n) is 20.2. The van der Waals surface area contributed by atoms with Crippen molar-refractivity contribution in [1.82, 2.24) is 19.7 Å². The second-order valence-electron chi connectivity index (χ2n) is 10.4. The van der Waals surface area contributed by atoms with E-state index in [9.17, 15) is 4.79 Å². The second-order valence-corrected chi connectivity index (χ2v) is 10.4. The number of hydrogen-bond donors (Lipinski definition) is 2. The first-order valence-corrected chi connectivity index (χ1v) is 12.4. The standard InChI is InChI=1S/C26H31N7O2/c1-26(2)24-19(25(34)35-26)7-8-22(31-24)30-23-10-21(32-9-3-4-18(27)15-32)20(12-28-23)17-11-29-33(14-17)13-16-5-6-16/h7-8,10-12,14,16,18H,3-6,9,13,15,27H2,1-2H3,(H,28,30,31)/t18-/m1/s1. The van der Waals surface area contributed by atoms with Gasteiger partial charge in [-0.15, -0.1) is 0 Å². The van der Waals surface area contributed by atoms with E-state index in [0.29, 0.717) is 22.9 Å². The molecular formula is C26H31N7O2. The highest BCUT2D eigenvalue weighted by atomic mass is 16.6. The van der Waals surface area contributed by atoms with E-state index in [1.807, 2.05) is 30.9 Å². The van der Waals surface area contributed by atoms with E-state index in [-0.39, 0.29) is 12.0 Å². The Hall–Kier alpha value is -3.46. The lowest BCUT2D eigenvalue weighted by Gasteiger charge is -2.34. The normalized spacial score (nSPS) is 21.1. The number of ether oxygens (including phenoxy) is 1. The predicted molar refractivity (Wildman–Crippen MR) is 134 cm³/mol. The van der Waals surface area contributed by atoms with Crippen molar-refractivity contribution in [2.75, 3.05) is 23.3 Å². The van der Waals surface area contributed by atoms with Crippen LogP contribution in [0.4, 0.5) is 17.3 Å². The lowest BCUT2D eigenvalue weighted by molar-refractivity contribution is 0.00834. The van der Waals surface area contributed by atoms with Crippen molar-refractivity contribution in [2.24, 2.45) is 11.7 Å².